The number of rotatable bonds is 0. The van der Waals surface area contributed by atoms with E-state index in [1.165, 1.54) is 0 Å². The first-order valence-electron chi connectivity index (χ1n) is 3.94. The lowest BCUT2D eigenvalue weighted by molar-refractivity contribution is 0.278. The van der Waals surface area contributed by atoms with E-state index in [1.54, 1.807) is 0 Å². The molecule has 0 amide bonds. The van der Waals surface area contributed by atoms with Gasteiger partial charge in [-0.25, -0.2) is 8.78 Å². The molecule has 0 aromatic heterocycles. The summed E-state index contributed by atoms with van der Waals surface area (Å²) in [6.45, 7) is 0.407. The molecular weight excluding hydrogens is 198 g/mol. The van der Waals surface area contributed by atoms with Gasteiger partial charge in [-0.2, -0.15) is 0 Å². The lowest BCUT2D eigenvalue weighted by atomic mass is 10.1. The third-order valence-corrected chi connectivity index (χ3v) is 2.43. The Bertz CT molecular complexity index is 341. The molecule has 1 aromatic rings. The van der Waals surface area contributed by atoms with Gasteiger partial charge in [-0.15, -0.1) is 11.6 Å². The minimum Gasteiger partial charge on any atom is -0.493 e. The molecule has 13 heavy (non-hydrogen) atoms. The molecule has 0 aliphatic carbocycles. The van der Waals surface area contributed by atoms with E-state index in [4.69, 9.17) is 16.3 Å². The number of alkyl halides is 1. The highest BCUT2D eigenvalue weighted by Crippen LogP contribution is 2.38. The molecule has 0 saturated carbocycles. The van der Waals surface area contributed by atoms with E-state index in [1.807, 2.05) is 0 Å². The second kappa shape index (κ2) is 3.14. The van der Waals surface area contributed by atoms with Crippen LogP contribution in [0.5, 0.6) is 5.75 Å². The summed E-state index contributed by atoms with van der Waals surface area (Å²) >= 11 is 5.86. The number of benzene rings is 1. The Balaban J connectivity index is 2.56. The summed E-state index contributed by atoms with van der Waals surface area (Å²) < 4.78 is 31.0. The van der Waals surface area contributed by atoms with Crippen molar-refractivity contribution in [2.45, 2.75) is 11.8 Å². The van der Waals surface area contributed by atoms with Gasteiger partial charge >= 0.3 is 0 Å². The van der Waals surface area contributed by atoms with E-state index < -0.39 is 17.0 Å². The van der Waals surface area contributed by atoms with Crippen molar-refractivity contribution in [2.24, 2.45) is 0 Å². The number of halogens is 3. The summed E-state index contributed by atoms with van der Waals surface area (Å²) in [6.07, 6.45) is 0.553. The molecule has 0 spiro atoms. The van der Waals surface area contributed by atoms with E-state index in [2.05, 4.69) is 0 Å². The zero-order valence-corrected chi connectivity index (χ0v) is 7.44. The minimum atomic E-state index is -0.637. The Morgan fingerprint density at radius 1 is 1.38 bits per heavy atom. The predicted molar refractivity (Wildman–Crippen MR) is 45.1 cm³/mol. The minimum absolute atomic E-state index is 0.226. The van der Waals surface area contributed by atoms with Gasteiger partial charge in [0.15, 0.2) is 0 Å². The van der Waals surface area contributed by atoms with Gasteiger partial charge in [-0.05, 0) is 0 Å². The molecule has 1 heterocycles. The summed E-state index contributed by atoms with van der Waals surface area (Å²) in [4.78, 5) is 0. The quantitative estimate of drug-likeness (QED) is 0.591. The topological polar surface area (TPSA) is 9.23 Å². The Morgan fingerprint density at radius 2 is 2.15 bits per heavy atom. The van der Waals surface area contributed by atoms with Crippen LogP contribution in [0, 0.1) is 11.6 Å². The number of fused-ring (bicyclic) bond motifs is 1. The maximum absolute atomic E-state index is 13.2. The highest BCUT2D eigenvalue weighted by Gasteiger charge is 2.24. The Labute approximate surface area is 79.3 Å². The van der Waals surface area contributed by atoms with Gasteiger partial charge in [0.25, 0.3) is 0 Å². The zero-order valence-electron chi connectivity index (χ0n) is 6.69. The van der Waals surface area contributed by atoms with Crippen molar-refractivity contribution in [1.82, 2.24) is 0 Å². The van der Waals surface area contributed by atoms with Crippen LogP contribution in [0.3, 0.4) is 0 Å². The van der Waals surface area contributed by atoms with E-state index in [9.17, 15) is 8.78 Å². The van der Waals surface area contributed by atoms with E-state index >= 15 is 0 Å². The first-order valence-corrected chi connectivity index (χ1v) is 4.38. The van der Waals surface area contributed by atoms with Crippen LogP contribution in [-0.2, 0) is 0 Å². The fourth-order valence-corrected chi connectivity index (χ4v) is 1.70. The average molecular weight is 205 g/mol. The van der Waals surface area contributed by atoms with Crippen molar-refractivity contribution in [3.05, 3.63) is 29.3 Å². The van der Waals surface area contributed by atoms with Crippen LogP contribution in [0.4, 0.5) is 8.78 Å². The number of hydrogen-bond donors (Lipinski definition) is 0. The first kappa shape index (κ1) is 8.75. The summed E-state index contributed by atoms with van der Waals surface area (Å²) in [5.74, 6) is -1.04. The van der Waals surface area contributed by atoms with E-state index in [-0.39, 0.29) is 11.3 Å². The zero-order chi connectivity index (χ0) is 9.42. The Kier molecular flexibility index (Phi) is 2.12. The molecule has 2 rings (SSSR count). The highest BCUT2D eigenvalue weighted by atomic mass is 35.5. The van der Waals surface area contributed by atoms with Gasteiger partial charge in [0.05, 0.1) is 12.0 Å². The highest BCUT2D eigenvalue weighted by molar-refractivity contribution is 6.21. The first-order chi connectivity index (χ1) is 6.18. The van der Waals surface area contributed by atoms with Crippen molar-refractivity contribution in [2.75, 3.05) is 6.61 Å². The van der Waals surface area contributed by atoms with E-state index in [0.717, 1.165) is 12.1 Å². The molecule has 0 N–H and O–H groups in total. The summed E-state index contributed by atoms with van der Waals surface area (Å²) in [5, 5.41) is -0.413. The summed E-state index contributed by atoms with van der Waals surface area (Å²) in [5.41, 5.74) is 0.273. The molecule has 0 saturated heterocycles. The van der Waals surface area contributed by atoms with Crippen LogP contribution in [0.25, 0.3) is 0 Å². The van der Waals surface area contributed by atoms with Crippen molar-refractivity contribution in [3.63, 3.8) is 0 Å². The molecule has 0 bridgehead atoms. The molecule has 0 radical (unpaired) electrons. The van der Waals surface area contributed by atoms with Crippen molar-refractivity contribution in [1.29, 1.82) is 0 Å². The van der Waals surface area contributed by atoms with Crippen LogP contribution in [-0.4, -0.2) is 6.61 Å². The molecule has 0 unspecified atom stereocenters. The van der Waals surface area contributed by atoms with Crippen LogP contribution < -0.4 is 4.74 Å². The molecule has 1 atom stereocenters. The standard InChI is InChI=1S/C9H7ClF2O/c10-6-1-2-13-8-4-5(11)3-7(12)9(6)8/h3-4,6H,1-2H2/t6-/m1/s1. The van der Waals surface area contributed by atoms with Crippen molar-refractivity contribution in [3.8, 4) is 5.75 Å². The Hall–Kier alpha value is -0.830. The fraction of sp³-hybridized carbons (Fsp3) is 0.333. The molecule has 70 valence electrons. The van der Waals surface area contributed by atoms with Gasteiger partial charge in [0.1, 0.15) is 17.4 Å². The Morgan fingerprint density at radius 3 is 2.92 bits per heavy atom. The van der Waals surface area contributed by atoms with Gasteiger partial charge in [-0.1, -0.05) is 0 Å². The van der Waals surface area contributed by atoms with E-state index in [0.29, 0.717) is 13.0 Å². The van der Waals surface area contributed by atoms with Crippen LogP contribution in [0.15, 0.2) is 12.1 Å². The number of hydrogen-bond acceptors (Lipinski definition) is 1. The third-order valence-electron chi connectivity index (χ3n) is 2.00. The SMILES string of the molecule is Fc1cc(F)c2c(c1)OCC[C@H]2Cl. The number of ether oxygens (including phenoxy) is 1. The van der Waals surface area contributed by atoms with Gasteiger partial charge < -0.3 is 4.74 Å². The van der Waals surface area contributed by atoms with Crippen LogP contribution in [0.1, 0.15) is 17.4 Å². The fourth-order valence-electron chi connectivity index (χ4n) is 1.40. The lowest BCUT2D eigenvalue weighted by Crippen LogP contribution is -2.12. The molecule has 4 heteroatoms. The second-order valence-electron chi connectivity index (χ2n) is 2.90. The monoisotopic (exact) mass is 204 g/mol. The smallest absolute Gasteiger partial charge is 0.134 e. The predicted octanol–water partition coefficient (Wildman–Crippen LogP) is 3.03. The van der Waals surface area contributed by atoms with Gasteiger partial charge in [0, 0.05) is 24.1 Å². The molecule has 1 aliphatic rings. The maximum atomic E-state index is 13.2. The second-order valence-corrected chi connectivity index (χ2v) is 3.43. The maximum Gasteiger partial charge on any atom is 0.134 e. The normalized spacial score (nSPS) is 20.7. The summed E-state index contributed by atoms with van der Waals surface area (Å²) in [6, 6.07) is 1.98. The van der Waals surface area contributed by atoms with Gasteiger partial charge in [0.2, 0.25) is 0 Å². The molecule has 0 fully saturated rings. The molecule has 1 nitrogen and oxygen atoms in total. The van der Waals surface area contributed by atoms with Crippen LogP contribution >= 0.6 is 11.6 Å². The largest absolute Gasteiger partial charge is 0.493 e. The molecule has 1 aliphatic heterocycles. The van der Waals surface area contributed by atoms with Crippen molar-refractivity contribution < 1.29 is 13.5 Å². The van der Waals surface area contributed by atoms with Gasteiger partial charge in [-0.3, -0.25) is 0 Å². The van der Waals surface area contributed by atoms with Crippen LogP contribution in [0.2, 0.25) is 0 Å². The molecular formula is C9H7ClF2O. The average Bonchev–Trinajstić information content (AvgIpc) is 2.02. The summed E-state index contributed by atoms with van der Waals surface area (Å²) in [7, 11) is 0. The third kappa shape index (κ3) is 1.48. The molecule has 1 aromatic carbocycles. The van der Waals surface area contributed by atoms with Crippen molar-refractivity contribution >= 4 is 11.6 Å². The lowest BCUT2D eigenvalue weighted by Gasteiger charge is -2.21.